The molecule has 0 radical (unpaired) electrons. The van der Waals surface area contributed by atoms with Gasteiger partial charge in [0.2, 0.25) is 5.95 Å². The van der Waals surface area contributed by atoms with Gasteiger partial charge in [0.25, 0.3) is 0 Å². The van der Waals surface area contributed by atoms with E-state index < -0.39 is 5.97 Å². The zero-order chi connectivity index (χ0) is 13.1. The molecule has 0 aliphatic rings. The number of nitrogens with one attached hydrogen (secondary N) is 1. The zero-order valence-electron chi connectivity index (χ0n) is 9.97. The molecule has 2 N–H and O–H groups in total. The van der Waals surface area contributed by atoms with Gasteiger partial charge in [-0.3, -0.25) is 4.79 Å². The topological polar surface area (TPSA) is 88.0 Å². The van der Waals surface area contributed by atoms with Crippen LogP contribution in [0.2, 0.25) is 0 Å². The molecule has 0 saturated carbocycles. The number of carboxylic acids is 1. The third-order valence-corrected chi connectivity index (χ3v) is 2.89. The van der Waals surface area contributed by atoms with Crippen LogP contribution in [-0.2, 0) is 11.2 Å². The number of aliphatic carboxylic acids is 1. The Balaban J connectivity index is 2.13. The average Bonchev–Trinajstić information content (AvgIpc) is 2.62. The number of anilines is 2. The maximum atomic E-state index is 10.5. The molecule has 0 amide bonds. The number of aryl methyl sites for hydroxylation is 2. The summed E-state index contributed by atoms with van der Waals surface area (Å²) in [7, 11) is 0. The van der Waals surface area contributed by atoms with Crippen LogP contribution in [0, 0.1) is 13.8 Å². The Bertz CT molecular complexity index is 562. The molecule has 0 aliphatic carbocycles. The van der Waals surface area contributed by atoms with E-state index in [0.717, 1.165) is 11.4 Å². The van der Waals surface area contributed by atoms with Crippen LogP contribution in [0.25, 0.3) is 0 Å². The molecule has 94 valence electrons. The number of carbonyl (C=O) groups is 1. The van der Waals surface area contributed by atoms with Gasteiger partial charge in [-0.15, -0.1) is 11.3 Å². The predicted molar refractivity (Wildman–Crippen MR) is 68.2 cm³/mol. The van der Waals surface area contributed by atoms with E-state index in [1.54, 1.807) is 5.38 Å². The quantitative estimate of drug-likeness (QED) is 0.877. The molecule has 0 saturated heterocycles. The van der Waals surface area contributed by atoms with Crippen LogP contribution < -0.4 is 5.32 Å². The zero-order valence-corrected chi connectivity index (χ0v) is 10.8. The molecular formula is C11H12N4O2S. The van der Waals surface area contributed by atoms with Gasteiger partial charge in [-0.1, -0.05) is 0 Å². The minimum Gasteiger partial charge on any atom is -0.481 e. The summed E-state index contributed by atoms with van der Waals surface area (Å²) < 4.78 is 0. The van der Waals surface area contributed by atoms with Gasteiger partial charge in [-0.2, -0.15) is 0 Å². The largest absolute Gasteiger partial charge is 0.481 e. The van der Waals surface area contributed by atoms with Crippen molar-refractivity contribution in [3.63, 3.8) is 0 Å². The molecule has 6 nitrogen and oxygen atoms in total. The van der Waals surface area contributed by atoms with E-state index in [2.05, 4.69) is 20.3 Å². The fourth-order valence-corrected chi connectivity index (χ4v) is 2.18. The van der Waals surface area contributed by atoms with Crippen molar-refractivity contribution in [3.05, 3.63) is 28.5 Å². The molecule has 0 aromatic carbocycles. The number of aromatic nitrogens is 3. The molecule has 2 heterocycles. The highest BCUT2D eigenvalue weighted by Crippen LogP contribution is 2.19. The van der Waals surface area contributed by atoms with E-state index in [0.29, 0.717) is 16.8 Å². The minimum absolute atomic E-state index is 0.0775. The van der Waals surface area contributed by atoms with Gasteiger partial charge in [-0.05, 0) is 19.9 Å². The molecule has 0 spiro atoms. The Kier molecular flexibility index (Phi) is 3.52. The summed E-state index contributed by atoms with van der Waals surface area (Å²) in [5.41, 5.74) is 2.26. The number of hydrogen-bond acceptors (Lipinski definition) is 6. The molecule has 7 heteroatoms. The second-order valence-electron chi connectivity index (χ2n) is 3.81. The first-order valence-corrected chi connectivity index (χ1v) is 6.16. The van der Waals surface area contributed by atoms with Gasteiger partial charge in [0.15, 0.2) is 5.13 Å². The van der Waals surface area contributed by atoms with Crippen molar-refractivity contribution in [2.24, 2.45) is 0 Å². The summed E-state index contributed by atoms with van der Waals surface area (Å²) in [6.07, 6.45) is -0.0775. The highest BCUT2D eigenvalue weighted by atomic mass is 32.1. The van der Waals surface area contributed by atoms with Gasteiger partial charge in [-0.25, -0.2) is 15.0 Å². The first-order chi connectivity index (χ1) is 8.52. The van der Waals surface area contributed by atoms with Gasteiger partial charge in [0.1, 0.15) is 0 Å². The van der Waals surface area contributed by atoms with Crippen LogP contribution >= 0.6 is 11.3 Å². The predicted octanol–water partition coefficient (Wildman–Crippen LogP) is 1.92. The molecular weight excluding hydrogens is 252 g/mol. The molecule has 0 aliphatic heterocycles. The summed E-state index contributed by atoms with van der Waals surface area (Å²) in [5, 5.41) is 13.9. The van der Waals surface area contributed by atoms with E-state index in [1.807, 2.05) is 19.9 Å². The van der Waals surface area contributed by atoms with Crippen LogP contribution in [0.1, 0.15) is 17.1 Å². The first kappa shape index (κ1) is 12.4. The number of rotatable bonds is 4. The van der Waals surface area contributed by atoms with E-state index in [4.69, 9.17) is 5.11 Å². The first-order valence-electron chi connectivity index (χ1n) is 5.28. The van der Waals surface area contributed by atoms with Crippen LogP contribution in [-0.4, -0.2) is 26.0 Å². The fourth-order valence-electron chi connectivity index (χ4n) is 1.48. The summed E-state index contributed by atoms with van der Waals surface area (Å²) >= 11 is 1.33. The third kappa shape index (κ3) is 3.24. The number of nitrogens with zero attached hydrogens (tertiary/aromatic N) is 3. The lowest BCUT2D eigenvalue weighted by Crippen LogP contribution is -2.02. The number of thiazole rings is 1. The molecule has 0 fully saturated rings. The van der Waals surface area contributed by atoms with Crippen LogP contribution in [0.4, 0.5) is 11.1 Å². The maximum Gasteiger partial charge on any atom is 0.309 e. The van der Waals surface area contributed by atoms with Crippen LogP contribution in [0.15, 0.2) is 11.4 Å². The van der Waals surface area contributed by atoms with Crippen molar-refractivity contribution >= 4 is 28.4 Å². The molecule has 0 unspecified atom stereocenters. The van der Waals surface area contributed by atoms with Gasteiger partial charge >= 0.3 is 5.97 Å². The summed E-state index contributed by atoms with van der Waals surface area (Å²) in [6, 6.07) is 1.88. The van der Waals surface area contributed by atoms with Crippen molar-refractivity contribution < 1.29 is 9.90 Å². The Morgan fingerprint density at radius 3 is 2.61 bits per heavy atom. The Morgan fingerprint density at radius 1 is 1.33 bits per heavy atom. The monoisotopic (exact) mass is 264 g/mol. The summed E-state index contributed by atoms with van der Waals surface area (Å²) in [4.78, 5) is 23.2. The number of carboxylic acid groups (broad SMARTS) is 1. The fraction of sp³-hybridized carbons (Fsp3) is 0.273. The van der Waals surface area contributed by atoms with E-state index in [1.165, 1.54) is 11.3 Å². The van der Waals surface area contributed by atoms with E-state index in [9.17, 15) is 4.79 Å². The molecule has 18 heavy (non-hydrogen) atoms. The van der Waals surface area contributed by atoms with Gasteiger partial charge in [0, 0.05) is 16.8 Å². The van der Waals surface area contributed by atoms with Crippen LogP contribution in [0.5, 0.6) is 0 Å². The van der Waals surface area contributed by atoms with Crippen molar-refractivity contribution in [3.8, 4) is 0 Å². The van der Waals surface area contributed by atoms with E-state index in [-0.39, 0.29) is 6.42 Å². The lowest BCUT2D eigenvalue weighted by Gasteiger charge is -2.02. The average molecular weight is 264 g/mol. The van der Waals surface area contributed by atoms with Crippen molar-refractivity contribution in [1.82, 2.24) is 15.0 Å². The molecule has 2 aromatic heterocycles. The molecule has 2 aromatic rings. The second kappa shape index (κ2) is 5.09. The third-order valence-electron chi connectivity index (χ3n) is 2.09. The normalized spacial score (nSPS) is 10.3. The summed E-state index contributed by atoms with van der Waals surface area (Å²) in [5.74, 6) is -0.418. The lowest BCUT2D eigenvalue weighted by molar-refractivity contribution is -0.136. The lowest BCUT2D eigenvalue weighted by atomic mass is 10.3. The Morgan fingerprint density at radius 2 is 2.00 bits per heavy atom. The van der Waals surface area contributed by atoms with E-state index >= 15 is 0 Å². The minimum atomic E-state index is -0.894. The number of hydrogen-bond donors (Lipinski definition) is 2. The second-order valence-corrected chi connectivity index (χ2v) is 4.67. The Hall–Kier alpha value is -2.02. The SMILES string of the molecule is Cc1cc(C)nc(Nc2nc(CC(=O)O)cs2)n1. The van der Waals surface area contributed by atoms with Crippen molar-refractivity contribution in [1.29, 1.82) is 0 Å². The Labute approximate surface area is 108 Å². The molecule has 2 rings (SSSR count). The smallest absolute Gasteiger partial charge is 0.309 e. The highest BCUT2D eigenvalue weighted by Gasteiger charge is 2.07. The molecule has 0 bridgehead atoms. The summed E-state index contributed by atoms with van der Waals surface area (Å²) in [6.45, 7) is 3.77. The van der Waals surface area contributed by atoms with Crippen LogP contribution in [0.3, 0.4) is 0 Å². The molecule has 0 atom stereocenters. The maximum absolute atomic E-state index is 10.5. The van der Waals surface area contributed by atoms with Crippen molar-refractivity contribution in [2.75, 3.05) is 5.32 Å². The van der Waals surface area contributed by atoms with Crippen molar-refractivity contribution in [2.45, 2.75) is 20.3 Å². The van der Waals surface area contributed by atoms with Gasteiger partial charge in [0.05, 0.1) is 12.1 Å². The standard InChI is InChI=1S/C11H12N4O2S/c1-6-3-7(2)13-10(12-6)15-11-14-8(5-18-11)4-9(16)17/h3,5H,4H2,1-2H3,(H,16,17)(H,12,13,14,15). The highest BCUT2D eigenvalue weighted by molar-refractivity contribution is 7.13. The van der Waals surface area contributed by atoms with Gasteiger partial charge < -0.3 is 10.4 Å².